The summed E-state index contributed by atoms with van der Waals surface area (Å²) in [6, 6.07) is 4.83. The summed E-state index contributed by atoms with van der Waals surface area (Å²) in [5.41, 5.74) is 0.600. The van der Waals surface area contributed by atoms with Gasteiger partial charge in [0.1, 0.15) is 11.6 Å². The Morgan fingerprint density at radius 3 is 2.56 bits per heavy atom. The van der Waals surface area contributed by atoms with E-state index in [1.54, 1.807) is 19.1 Å². The van der Waals surface area contributed by atoms with Gasteiger partial charge in [0.05, 0.1) is 0 Å². The van der Waals surface area contributed by atoms with Crippen molar-refractivity contribution in [3.63, 3.8) is 0 Å². The van der Waals surface area contributed by atoms with E-state index in [1.165, 1.54) is 6.07 Å². The molecule has 0 bridgehead atoms. The molecule has 0 aromatic heterocycles. The Labute approximate surface area is 104 Å². The summed E-state index contributed by atoms with van der Waals surface area (Å²) in [6.45, 7) is 5.55. The molecule has 1 aromatic rings. The monoisotopic (exact) mass is 286 g/mol. The predicted octanol–water partition coefficient (Wildman–Crippen LogP) is 3.99. The zero-order valence-electron chi connectivity index (χ0n) is 9.76. The second kappa shape index (κ2) is 5.58. The molecular weight excluding hydrogens is 271 g/mol. The molecule has 1 rings (SSSR count). The fourth-order valence-corrected chi connectivity index (χ4v) is 2.19. The summed E-state index contributed by atoms with van der Waals surface area (Å²) in [4.78, 5) is 11.5. The van der Waals surface area contributed by atoms with Gasteiger partial charge in [-0.15, -0.1) is 0 Å². The van der Waals surface area contributed by atoms with E-state index in [4.69, 9.17) is 0 Å². The van der Waals surface area contributed by atoms with Gasteiger partial charge in [0.15, 0.2) is 0 Å². The van der Waals surface area contributed by atoms with Gasteiger partial charge in [0.25, 0.3) is 0 Å². The van der Waals surface area contributed by atoms with Crippen LogP contribution in [0.25, 0.3) is 0 Å². The minimum atomic E-state index is -0.241. The van der Waals surface area contributed by atoms with Gasteiger partial charge < -0.3 is 0 Å². The number of Topliss-reactive ketones (excluding diaryl/α,β-unsaturated/α-hetero) is 1. The maximum absolute atomic E-state index is 13.5. The van der Waals surface area contributed by atoms with Crippen molar-refractivity contribution in [2.24, 2.45) is 11.8 Å². The van der Waals surface area contributed by atoms with Gasteiger partial charge in [-0.1, -0.05) is 29.8 Å². The second-order valence-electron chi connectivity index (χ2n) is 4.40. The molecule has 1 nitrogen and oxygen atoms in total. The van der Waals surface area contributed by atoms with E-state index in [-0.39, 0.29) is 23.4 Å². The average molecular weight is 287 g/mol. The predicted molar refractivity (Wildman–Crippen MR) is 66.8 cm³/mol. The third-order valence-electron chi connectivity index (χ3n) is 2.77. The Morgan fingerprint density at radius 2 is 2.06 bits per heavy atom. The fourth-order valence-electron chi connectivity index (χ4n) is 1.79. The first-order valence-corrected chi connectivity index (χ1v) is 6.15. The van der Waals surface area contributed by atoms with E-state index in [0.717, 1.165) is 4.47 Å². The Morgan fingerprint density at radius 1 is 1.44 bits per heavy atom. The lowest BCUT2D eigenvalue weighted by Crippen LogP contribution is -2.20. The van der Waals surface area contributed by atoms with E-state index < -0.39 is 0 Å². The van der Waals surface area contributed by atoms with Crippen molar-refractivity contribution in [1.82, 2.24) is 0 Å². The largest absolute Gasteiger partial charge is 0.300 e. The van der Waals surface area contributed by atoms with E-state index >= 15 is 0 Å². The summed E-state index contributed by atoms with van der Waals surface area (Å²) in [5, 5.41) is 0. The number of ketones is 1. The highest BCUT2D eigenvalue weighted by atomic mass is 79.9. The van der Waals surface area contributed by atoms with Crippen LogP contribution in [-0.4, -0.2) is 5.78 Å². The minimum Gasteiger partial charge on any atom is -0.300 e. The Kier molecular flexibility index (Phi) is 4.66. The molecule has 3 heteroatoms. The van der Waals surface area contributed by atoms with Crippen molar-refractivity contribution in [2.75, 3.05) is 0 Å². The molecule has 0 radical (unpaired) electrons. The molecule has 0 saturated heterocycles. The van der Waals surface area contributed by atoms with Gasteiger partial charge in [-0.25, -0.2) is 4.39 Å². The maximum atomic E-state index is 13.5. The molecule has 0 aliphatic heterocycles. The van der Waals surface area contributed by atoms with Crippen LogP contribution in [0.5, 0.6) is 0 Å². The average Bonchev–Trinajstić information content (AvgIpc) is 2.18. The topological polar surface area (TPSA) is 17.1 Å². The van der Waals surface area contributed by atoms with Crippen LogP contribution in [0.3, 0.4) is 0 Å². The van der Waals surface area contributed by atoms with Crippen LogP contribution in [0.4, 0.5) is 4.39 Å². The number of hydrogen-bond donors (Lipinski definition) is 0. The summed E-state index contributed by atoms with van der Waals surface area (Å²) >= 11 is 3.31. The summed E-state index contributed by atoms with van der Waals surface area (Å²) in [7, 11) is 0. The molecule has 0 amide bonds. The first-order valence-electron chi connectivity index (χ1n) is 5.36. The Bertz CT molecular complexity index is 388. The lowest BCUT2D eigenvalue weighted by molar-refractivity contribution is -0.121. The highest BCUT2D eigenvalue weighted by molar-refractivity contribution is 9.10. The molecule has 1 unspecified atom stereocenters. The molecule has 0 spiro atoms. The first-order chi connectivity index (χ1) is 7.41. The van der Waals surface area contributed by atoms with Crippen molar-refractivity contribution < 1.29 is 9.18 Å². The van der Waals surface area contributed by atoms with Crippen molar-refractivity contribution in [1.29, 1.82) is 0 Å². The zero-order chi connectivity index (χ0) is 12.3. The molecule has 88 valence electrons. The van der Waals surface area contributed by atoms with Crippen molar-refractivity contribution in [2.45, 2.75) is 27.2 Å². The normalized spacial score (nSPS) is 12.9. The number of hydrogen-bond acceptors (Lipinski definition) is 1. The molecule has 16 heavy (non-hydrogen) atoms. The van der Waals surface area contributed by atoms with Gasteiger partial charge in [-0.2, -0.15) is 0 Å². The number of carbonyl (C=O) groups excluding carboxylic acids is 1. The third-order valence-corrected chi connectivity index (χ3v) is 3.27. The number of benzene rings is 1. The smallest absolute Gasteiger partial charge is 0.133 e. The van der Waals surface area contributed by atoms with Crippen LogP contribution in [0.2, 0.25) is 0 Å². The van der Waals surface area contributed by atoms with Gasteiger partial charge >= 0.3 is 0 Å². The highest BCUT2D eigenvalue weighted by Crippen LogP contribution is 2.22. The number of rotatable bonds is 4. The SMILES string of the molecule is CC(=O)C(Cc1cc(Br)ccc1F)C(C)C. The Hall–Kier alpha value is -0.700. The number of halogens is 2. The van der Waals surface area contributed by atoms with Crippen LogP contribution in [-0.2, 0) is 11.2 Å². The van der Waals surface area contributed by atoms with E-state index in [1.807, 2.05) is 13.8 Å². The van der Waals surface area contributed by atoms with Crippen molar-refractivity contribution in [3.05, 3.63) is 34.1 Å². The highest BCUT2D eigenvalue weighted by Gasteiger charge is 2.20. The molecule has 0 N–H and O–H groups in total. The first kappa shape index (κ1) is 13.4. The molecule has 0 saturated carbocycles. The lowest BCUT2D eigenvalue weighted by Gasteiger charge is -2.18. The van der Waals surface area contributed by atoms with Crippen LogP contribution < -0.4 is 0 Å². The minimum absolute atomic E-state index is 0.108. The lowest BCUT2D eigenvalue weighted by atomic mass is 9.86. The summed E-state index contributed by atoms with van der Waals surface area (Å²) in [5.74, 6) is 0.00385. The van der Waals surface area contributed by atoms with E-state index in [9.17, 15) is 9.18 Å². The summed E-state index contributed by atoms with van der Waals surface area (Å²) in [6.07, 6.45) is 0.471. The Balaban J connectivity index is 2.93. The molecule has 1 aromatic carbocycles. The van der Waals surface area contributed by atoms with Crippen molar-refractivity contribution in [3.8, 4) is 0 Å². The maximum Gasteiger partial charge on any atom is 0.133 e. The van der Waals surface area contributed by atoms with E-state index in [0.29, 0.717) is 12.0 Å². The number of carbonyl (C=O) groups is 1. The zero-order valence-corrected chi connectivity index (χ0v) is 11.3. The van der Waals surface area contributed by atoms with Crippen LogP contribution in [0.15, 0.2) is 22.7 Å². The molecule has 1 atom stereocenters. The van der Waals surface area contributed by atoms with Gasteiger partial charge in [-0.05, 0) is 43.0 Å². The molecule has 0 aliphatic carbocycles. The van der Waals surface area contributed by atoms with Crippen molar-refractivity contribution >= 4 is 21.7 Å². The second-order valence-corrected chi connectivity index (χ2v) is 5.32. The molecule has 0 fully saturated rings. The summed E-state index contributed by atoms with van der Waals surface area (Å²) < 4.78 is 14.4. The van der Waals surface area contributed by atoms with Crippen LogP contribution >= 0.6 is 15.9 Å². The van der Waals surface area contributed by atoms with Crippen LogP contribution in [0.1, 0.15) is 26.3 Å². The van der Waals surface area contributed by atoms with Gasteiger partial charge in [0.2, 0.25) is 0 Å². The quantitative estimate of drug-likeness (QED) is 0.818. The van der Waals surface area contributed by atoms with E-state index in [2.05, 4.69) is 15.9 Å². The van der Waals surface area contributed by atoms with Crippen LogP contribution in [0, 0.1) is 17.7 Å². The standard InChI is InChI=1S/C13H16BrFO/c1-8(2)12(9(3)16)7-10-6-11(14)4-5-13(10)15/h4-6,8,12H,7H2,1-3H3. The molecular formula is C13H16BrFO. The van der Waals surface area contributed by atoms with Gasteiger partial charge in [-0.3, -0.25) is 4.79 Å². The third kappa shape index (κ3) is 3.41. The fraction of sp³-hybridized carbons (Fsp3) is 0.462. The molecule has 0 aliphatic rings. The van der Waals surface area contributed by atoms with Gasteiger partial charge in [0, 0.05) is 10.4 Å². The molecule has 0 heterocycles.